The van der Waals surface area contributed by atoms with E-state index in [1.54, 1.807) is 36.4 Å². The molecule has 4 aromatic carbocycles. The van der Waals surface area contributed by atoms with Crippen molar-refractivity contribution in [3.63, 3.8) is 0 Å². The summed E-state index contributed by atoms with van der Waals surface area (Å²) in [4.78, 5) is 12.5. The number of nitrogens with one attached hydrogen (secondary N) is 1. The zero-order chi connectivity index (χ0) is 37.1. The number of amides is 1. The molecule has 1 heterocycles. The van der Waals surface area contributed by atoms with Crippen LogP contribution in [-0.4, -0.2) is 32.1 Å². The van der Waals surface area contributed by atoms with E-state index in [4.69, 9.17) is 9.08 Å². The fraction of sp³-hybridized carbons (Fsp3) is 0.263. The third-order valence-corrected chi connectivity index (χ3v) is 8.90. The molecule has 2 unspecified atom stereocenters. The van der Waals surface area contributed by atoms with Crippen molar-refractivity contribution in [1.29, 1.82) is 0 Å². The van der Waals surface area contributed by atoms with Crippen molar-refractivity contribution in [2.45, 2.75) is 50.9 Å². The molecule has 0 bridgehead atoms. The molecule has 0 saturated carbocycles. The Morgan fingerprint density at radius 3 is 1.96 bits per heavy atom. The van der Waals surface area contributed by atoms with Crippen LogP contribution in [0.25, 0.3) is 22.5 Å². The Morgan fingerprint density at radius 2 is 1.39 bits per heavy atom. The molecular weight excluding hydrogens is 694 g/mol. The second-order valence-electron chi connectivity index (χ2n) is 13.1. The number of hydrogen-bond donors (Lipinski definition) is 2. The van der Waals surface area contributed by atoms with Crippen molar-refractivity contribution in [2.75, 3.05) is 12.3 Å². The molecule has 2 N–H and O–H groups in total. The van der Waals surface area contributed by atoms with Gasteiger partial charge in [0.15, 0.2) is 16.8 Å². The maximum atomic E-state index is 13.5. The molecule has 51 heavy (non-hydrogen) atoms. The lowest BCUT2D eigenvalue weighted by atomic mass is 9.83. The molecule has 0 saturated heterocycles. The average Bonchev–Trinajstić information content (AvgIpc) is 3.56. The first kappa shape index (κ1) is 37.5. The third-order valence-electron chi connectivity index (χ3n) is 8.35. The van der Waals surface area contributed by atoms with Crippen molar-refractivity contribution in [3.05, 3.63) is 136 Å². The molecule has 0 aliphatic rings. The molecule has 5 aromatic rings. The number of rotatable bonds is 10. The molecular formula is C38H34F6N2O4S. The maximum absolute atomic E-state index is 13.5. The van der Waals surface area contributed by atoms with E-state index in [2.05, 4.69) is 31.2 Å². The monoisotopic (exact) mass is 728 g/mol. The largest absolute Gasteiger partial charge is 0.416 e. The quantitative estimate of drug-likeness (QED) is 0.110. The van der Waals surface area contributed by atoms with Crippen LogP contribution in [0.2, 0.25) is 0 Å². The van der Waals surface area contributed by atoms with Crippen molar-refractivity contribution < 1.29 is 44.4 Å². The first-order chi connectivity index (χ1) is 23.9. The topological polar surface area (TPSA) is 92.4 Å². The smallest absolute Gasteiger partial charge is 0.356 e. The molecule has 5 rings (SSSR count). The lowest BCUT2D eigenvalue weighted by Gasteiger charge is -2.21. The summed E-state index contributed by atoms with van der Waals surface area (Å²) in [6, 6.07) is 24.1. The minimum absolute atomic E-state index is 0.0439. The molecule has 0 aliphatic carbocycles. The van der Waals surface area contributed by atoms with Gasteiger partial charge in [0.1, 0.15) is 0 Å². The molecule has 13 heteroatoms. The van der Waals surface area contributed by atoms with Crippen LogP contribution in [-0.2, 0) is 35.3 Å². The number of carbonyl (C=O) groups excluding carboxylic acids is 1. The molecule has 1 aromatic heterocycles. The second-order valence-corrected chi connectivity index (χ2v) is 14.1. The minimum Gasteiger partial charge on any atom is -0.356 e. The van der Waals surface area contributed by atoms with Crippen LogP contribution in [0.4, 0.5) is 26.3 Å². The van der Waals surface area contributed by atoms with Gasteiger partial charge in [-0.3, -0.25) is 4.79 Å². The van der Waals surface area contributed by atoms with Gasteiger partial charge in [0.25, 0.3) is 5.91 Å². The van der Waals surface area contributed by atoms with E-state index in [1.165, 1.54) is 18.2 Å². The van der Waals surface area contributed by atoms with Crippen molar-refractivity contribution in [2.24, 2.45) is 0 Å². The number of aromatic nitrogens is 1. The lowest BCUT2D eigenvalue weighted by Crippen LogP contribution is -2.27. The number of alkyl halides is 6. The number of carbonyl (C=O) groups is 1. The summed E-state index contributed by atoms with van der Waals surface area (Å²) in [5.41, 5.74) is 1.18. The highest BCUT2D eigenvalue weighted by atomic mass is 32.2. The van der Waals surface area contributed by atoms with E-state index in [9.17, 15) is 35.3 Å². The number of hydrogen-bond acceptors (Lipinski definition) is 4. The number of halogens is 6. The van der Waals surface area contributed by atoms with Gasteiger partial charge in [-0.25, -0.2) is 4.21 Å². The summed E-state index contributed by atoms with van der Waals surface area (Å²) >= 11 is -2.02. The van der Waals surface area contributed by atoms with Crippen LogP contribution in [0.1, 0.15) is 70.6 Å². The Hall–Kier alpha value is -4.75. The fourth-order valence-corrected chi connectivity index (χ4v) is 5.83. The predicted molar refractivity (Wildman–Crippen MR) is 182 cm³/mol. The lowest BCUT2D eigenvalue weighted by molar-refractivity contribution is -0.143. The van der Waals surface area contributed by atoms with Crippen LogP contribution in [0, 0.1) is 0 Å². The number of nitrogens with zero attached hydrogens (tertiary/aromatic N) is 1. The number of benzene rings is 4. The van der Waals surface area contributed by atoms with Crippen LogP contribution in [0.3, 0.4) is 0 Å². The van der Waals surface area contributed by atoms with Gasteiger partial charge in [-0.1, -0.05) is 80.5 Å². The van der Waals surface area contributed by atoms with Gasteiger partial charge in [0, 0.05) is 29.7 Å². The summed E-state index contributed by atoms with van der Waals surface area (Å²) in [6.07, 6.45) is -9.52. The normalized spacial score (nSPS) is 13.5. The molecule has 1 amide bonds. The Kier molecular flexibility index (Phi) is 10.9. The Labute approximate surface area is 293 Å². The van der Waals surface area contributed by atoms with Crippen LogP contribution in [0.5, 0.6) is 0 Å². The van der Waals surface area contributed by atoms with Gasteiger partial charge in [-0.15, -0.1) is 0 Å². The summed E-state index contributed by atoms with van der Waals surface area (Å²) in [5, 5.41) is 6.94. The molecule has 0 fully saturated rings. The first-order valence-electron chi connectivity index (χ1n) is 15.8. The Bertz CT molecular complexity index is 1980. The predicted octanol–water partition coefficient (Wildman–Crippen LogP) is 9.67. The van der Waals surface area contributed by atoms with E-state index in [0.29, 0.717) is 35.4 Å². The van der Waals surface area contributed by atoms with Crippen molar-refractivity contribution in [3.8, 4) is 22.5 Å². The van der Waals surface area contributed by atoms with Gasteiger partial charge in [0.05, 0.1) is 22.6 Å². The summed E-state index contributed by atoms with van der Waals surface area (Å²) in [5.74, 6) is -0.545. The first-order valence-corrected chi connectivity index (χ1v) is 17.1. The fourth-order valence-electron chi connectivity index (χ4n) is 5.55. The SMILES string of the molecule is CC(C)(C)c1ccc(C(Cc2ccc(C(=O)NCCS(=O)O)cc2)c2cc(-c3cccc(-c4cc(C(F)(F)F)cc(C(F)(F)F)c4)c3)on2)cc1. The Balaban J connectivity index is 1.47. The van der Waals surface area contributed by atoms with Gasteiger partial charge in [0.2, 0.25) is 0 Å². The standard InChI is InChI=1S/C38H34F6N2O4S/c1-36(2,3)29-13-11-24(12-14-29)32(17-23-7-9-25(10-8-23)35(47)45-15-16-51(48)49)33-22-34(50-46-33)27-6-4-5-26(18-27)28-19-30(37(39,40)41)21-31(20-28)38(42,43)44/h4-14,18-22,32H,15-17H2,1-3H3,(H,45,47)(H,48,49). The second kappa shape index (κ2) is 14.8. The average molecular weight is 729 g/mol. The molecule has 0 aliphatic heterocycles. The van der Waals surface area contributed by atoms with Crippen LogP contribution >= 0.6 is 0 Å². The highest BCUT2D eigenvalue weighted by molar-refractivity contribution is 7.79. The van der Waals surface area contributed by atoms with E-state index in [1.807, 2.05) is 24.3 Å². The molecule has 2 atom stereocenters. The third kappa shape index (κ3) is 9.53. The van der Waals surface area contributed by atoms with E-state index in [-0.39, 0.29) is 52.5 Å². The van der Waals surface area contributed by atoms with Gasteiger partial charge < -0.3 is 14.4 Å². The van der Waals surface area contributed by atoms with E-state index in [0.717, 1.165) is 16.7 Å². The minimum atomic E-state index is -4.98. The van der Waals surface area contributed by atoms with E-state index < -0.39 is 34.6 Å². The molecule has 268 valence electrons. The van der Waals surface area contributed by atoms with Crippen LogP contribution in [0.15, 0.2) is 102 Å². The molecule has 0 spiro atoms. The van der Waals surface area contributed by atoms with Gasteiger partial charge in [-0.2, -0.15) is 26.3 Å². The van der Waals surface area contributed by atoms with Crippen molar-refractivity contribution in [1.82, 2.24) is 10.5 Å². The summed E-state index contributed by atoms with van der Waals surface area (Å²) in [7, 11) is 0. The molecule has 6 nitrogen and oxygen atoms in total. The Morgan fingerprint density at radius 1 is 0.784 bits per heavy atom. The highest BCUT2D eigenvalue weighted by Gasteiger charge is 2.37. The summed E-state index contributed by atoms with van der Waals surface area (Å²) in [6.45, 7) is 6.34. The maximum Gasteiger partial charge on any atom is 0.416 e. The van der Waals surface area contributed by atoms with Gasteiger partial charge in [-0.05, 0) is 76.1 Å². The summed E-state index contributed by atoms with van der Waals surface area (Å²) < 4.78 is 107. The zero-order valence-electron chi connectivity index (χ0n) is 27.7. The van der Waals surface area contributed by atoms with Crippen molar-refractivity contribution >= 4 is 17.0 Å². The zero-order valence-corrected chi connectivity index (χ0v) is 28.5. The van der Waals surface area contributed by atoms with E-state index >= 15 is 0 Å². The van der Waals surface area contributed by atoms with Gasteiger partial charge >= 0.3 is 12.4 Å². The highest BCUT2D eigenvalue weighted by Crippen LogP contribution is 2.40. The molecule has 0 radical (unpaired) electrons. The van der Waals surface area contributed by atoms with Crippen LogP contribution < -0.4 is 5.32 Å².